The number of aliphatic carboxylic acids is 1. The van der Waals surface area contributed by atoms with Gasteiger partial charge in [0.25, 0.3) is 5.91 Å². The highest BCUT2D eigenvalue weighted by Gasteiger charge is 2.36. The maximum absolute atomic E-state index is 12.6. The Balaban J connectivity index is 1.99. The molecule has 1 unspecified atom stereocenters. The molecule has 0 radical (unpaired) electrons. The summed E-state index contributed by atoms with van der Waals surface area (Å²) in [7, 11) is 0. The lowest BCUT2D eigenvalue weighted by Crippen LogP contribution is -2.43. The molecule has 1 N–H and O–H groups in total. The number of thiophene rings is 1. The Labute approximate surface area is 130 Å². The molecule has 1 aromatic heterocycles. The van der Waals surface area contributed by atoms with Gasteiger partial charge in [0, 0.05) is 6.54 Å². The van der Waals surface area contributed by atoms with E-state index < -0.39 is 12.0 Å². The van der Waals surface area contributed by atoms with Crippen molar-refractivity contribution in [3.63, 3.8) is 0 Å². The first-order chi connectivity index (χ1) is 10.1. The number of benzene rings is 1. The second kappa shape index (κ2) is 5.50. The maximum Gasteiger partial charge on any atom is 0.331 e. The van der Waals surface area contributed by atoms with E-state index in [0.717, 1.165) is 5.56 Å². The highest BCUT2D eigenvalue weighted by molar-refractivity contribution is 7.17. The molecule has 3 rings (SSSR count). The first kappa shape index (κ1) is 14.1. The lowest BCUT2D eigenvalue weighted by atomic mass is 9.92. The van der Waals surface area contributed by atoms with E-state index in [9.17, 15) is 14.7 Å². The van der Waals surface area contributed by atoms with Crippen LogP contribution in [0.4, 0.5) is 0 Å². The van der Waals surface area contributed by atoms with Crippen LogP contribution in [0.5, 0.6) is 0 Å². The van der Waals surface area contributed by atoms with Crippen molar-refractivity contribution in [1.82, 2.24) is 4.90 Å². The summed E-state index contributed by atoms with van der Waals surface area (Å²) in [6, 6.07) is 9.70. The lowest BCUT2D eigenvalue weighted by Gasteiger charge is -2.34. The minimum absolute atomic E-state index is 0.284. The molecule has 2 aromatic rings. The number of carbonyl (C=O) groups is 2. The Bertz CT molecular complexity index is 712. The highest BCUT2D eigenvalue weighted by Crippen LogP contribution is 2.32. The summed E-state index contributed by atoms with van der Waals surface area (Å²) in [5.41, 5.74) is 1.67. The molecule has 0 spiro atoms. The minimum Gasteiger partial charge on any atom is -0.479 e. The molecule has 0 saturated heterocycles. The van der Waals surface area contributed by atoms with Gasteiger partial charge in [0.15, 0.2) is 6.04 Å². The van der Waals surface area contributed by atoms with Gasteiger partial charge in [-0.2, -0.15) is 0 Å². The molecule has 1 atom stereocenters. The first-order valence-corrected chi connectivity index (χ1v) is 7.64. The number of halogens is 1. The van der Waals surface area contributed by atoms with Crippen LogP contribution in [0.25, 0.3) is 0 Å². The van der Waals surface area contributed by atoms with Crippen LogP contribution < -0.4 is 0 Å². The van der Waals surface area contributed by atoms with E-state index in [0.29, 0.717) is 27.7 Å². The SMILES string of the molecule is O=C(O)C1c2ccccc2CCN1C(=O)c1ccc(Cl)s1. The van der Waals surface area contributed by atoms with Gasteiger partial charge in [0.05, 0.1) is 9.21 Å². The summed E-state index contributed by atoms with van der Waals surface area (Å²) >= 11 is 7.02. The molecule has 1 aliphatic heterocycles. The van der Waals surface area contributed by atoms with Gasteiger partial charge < -0.3 is 10.0 Å². The van der Waals surface area contributed by atoms with Crippen molar-refractivity contribution in [2.24, 2.45) is 0 Å². The van der Waals surface area contributed by atoms with Crippen LogP contribution in [0.2, 0.25) is 4.34 Å². The average molecular weight is 322 g/mol. The Kier molecular flexibility index (Phi) is 3.69. The number of rotatable bonds is 2. The van der Waals surface area contributed by atoms with Crippen LogP contribution >= 0.6 is 22.9 Å². The number of amides is 1. The molecule has 1 aromatic carbocycles. The topological polar surface area (TPSA) is 57.6 Å². The van der Waals surface area contributed by atoms with Crippen LogP contribution in [-0.4, -0.2) is 28.4 Å². The van der Waals surface area contributed by atoms with Gasteiger partial charge in [0.2, 0.25) is 0 Å². The third-order valence-corrected chi connectivity index (χ3v) is 4.78. The van der Waals surface area contributed by atoms with E-state index in [1.165, 1.54) is 16.2 Å². The van der Waals surface area contributed by atoms with Crippen molar-refractivity contribution in [2.75, 3.05) is 6.54 Å². The fourth-order valence-electron chi connectivity index (χ4n) is 2.62. The minimum atomic E-state index is -1.02. The van der Waals surface area contributed by atoms with Crippen LogP contribution in [0.1, 0.15) is 26.8 Å². The number of hydrogen-bond acceptors (Lipinski definition) is 3. The van der Waals surface area contributed by atoms with Crippen LogP contribution in [0.3, 0.4) is 0 Å². The van der Waals surface area contributed by atoms with Crippen LogP contribution in [0.15, 0.2) is 36.4 Å². The fourth-order valence-corrected chi connectivity index (χ4v) is 3.62. The number of fused-ring (bicyclic) bond motifs is 1. The average Bonchev–Trinajstić information content (AvgIpc) is 2.91. The van der Waals surface area contributed by atoms with Gasteiger partial charge in [-0.15, -0.1) is 11.3 Å². The van der Waals surface area contributed by atoms with E-state index in [1.54, 1.807) is 24.3 Å². The highest BCUT2D eigenvalue weighted by atomic mass is 35.5. The van der Waals surface area contributed by atoms with E-state index in [2.05, 4.69) is 0 Å². The zero-order valence-corrected chi connectivity index (χ0v) is 12.5. The van der Waals surface area contributed by atoms with Gasteiger partial charge >= 0.3 is 5.97 Å². The van der Waals surface area contributed by atoms with E-state index in [4.69, 9.17) is 11.6 Å². The Morgan fingerprint density at radius 2 is 2.00 bits per heavy atom. The zero-order valence-electron chi connectivity index (χ0n) is 11.0. The molecule has 2 heterocycles. The quantitative estimate of drug-likeness (QED) is 0.924. The predicted molar refractivity (Wildman–Crippen MR) is 80.9 cm³/mol. The lowest BCUT2D eigenvalue weighted by molar-refractivity contribution is -0.143. The maximum atomic E-state index is 12.6. The number of carboxylic acid groups (broad SMARTS) is 1. The third-order valence-electron chi connectivity index (χ3n) is 3.56. The van der Waals surface area contributed by atoms with Crippen molar-refractivity contribution >= 4 is 34.8 Å². The van der Waals surface area contributed by atoms with Crippen LogP contribution in [-0.2, 0) is 11.2 Å². The molecule has 1 aliphatic rings. The molecule has 0 bridgehead atoms. The molecule has 6 heteroatoms. The molecule has 1 amide bonds. The smallest absolute Gasteiger partial charge is 0.331 e. The van der Waals surface area contributed by atoms with Gasteiger partial charge in [-0.05, 0) is 29.7 Å². The number of hydrogen-bond donors (Lipinski definition) is 1. The number of carbonyl (C=O) groups excluding carboxylic acids is 1. The second-order valence-corrected chi connectivity index (χ2v) is 6.51. The van der Waals surface area contributed by atoms with Crippen molar-refractivity contribution in [3.8, 4) is 0 Å². The molecule has 4 nitrogen and oxygen atoms in total. The monoisotopic (exact) mass is 321 g/mol. The van der Waals surface area contributed by atoms with Gasteiger partial charge in [-0.1, -0.05) is 35.9 Å². The van der Waals surface area contributed by atoms with Crippen molar-refractivity contribution < 1.29 is 14.7 Å². The van der Waals surface area contributed by atoms with E-state index in [-0.39, 0.29) is 5.91 Å². The molecule has 0 saturated carbocycles. The predicted octanol–water partition coefficient (Wildman–Crippen LogP) is 3.23. The number of nitrogens with zero attached hydrogens (tertiary/aromatic N) is 1. The molecule has 108 valence electrons. The summed E-state index contributed by atoms with van der Waals surface area (Å²) in [5.74, 6) is -1.30. The van der Waals surface area contributed by atoms with Crippen molar-refractivity contribution in [1.29, 1.82) is 0 Å². The van der Waals surface area contributed by atoms with E-state index >= 15 is 0 Å². The van der Waals surface area contributed by atoms with Gasteiger partial charge in [-0.3, -0.25) is 4.79 Å². The molecular formula is C15H12ClNO3S. The summed E-state index contributed by atoms with van der Waals surface area (Å²) in [5, 5.41) is 9.54. The van der Waals surface area contributed by atoms with Crippen molar-refractivity contribution in [2.45, 2.75) is 12.5 Å². The standard InChI is InChI=1S/C15H12ClNO3S/c16-12-6-5-11(21-12)14(18)17-8-7-9-3-1-2-4-10(9)13(17)15(19)20/h1-6,13H,7-8H2,(H,19,20). The van der Waals surface area contributed by atoms with Crippen LogP contribution in [0, 0.1) is 0 Å². The summed E-state index contributed by atoms with van der Waals surface area (Å²) in [6.45, 7) is 0.391. The molecular weight excluding hydrogens is 310 g/mol. The Morgan fingerprint density at radius 1 is 1.24 bits per heavy atom. The largest absolute Gasteiger partial charge is 0.479 e. The Hall–Kier alpha value is -1.85. The fraction of sp³-hybridized carbons (Fsp3) is 0.200. The van der Waals surface area contributed by atoms with Gasteiger partial charge in [-0.25, -0.2) is 4.79 Å². The third kappa shape index (κ3) is 2.54. The van der Waals surface area contributed by atoms with Crippen molar-refractivity contribution in [3.05, 3.63) is 56.7 Å². The molecule has 0 aliphatic carbocycles. The first-order valence-electron chi connectivity index (χ1n) is 6.45. The summed E-state index contributed by atoms with van der Waals surface area (Å²) < 4.78 is 0.516. The molecule has 21 heavy (non-hydrogen) atoms. The molecule has 0 fully saturated rings. The van der Waals surface area contributed by atoms with Gasteiger partial charge in [0.1, 0.15) is 0 Å². The second-order valence-electron chi connectivity index (χ2n) is 4.79. The number of carboxylic acids is 1. The summed E-state index contributed by atoms with van der Waals surface area (Å²) in [6.07, 6.45) is 0.658. The van der Waals surface area contributed by atoms with E-state index in [1.807, 2.05) is 12.1 Å². The normalized spacial score (nSPS) is 17.4. The Morgan fingerprint density at radius 3 is 2.67 bits per heavy atom. The zero-order chi connectivity index (χ0) is 15.0. The summed E-state index contributed by atoms with van der Waals surface area (Å²) in [4.78, 5) is 26.1.